The van der Waals surface area contributed by atoms with Crippen molar-refractivity contribution in [3.8, 4) is 0 Å². The number of amides is 1. The first-order valence-corrected chi connectivity index (χ1v) is 8.03. The van der Waals surface area contributed by atoms with Crippen LogP contribution in [0.5, 0.6) is 0 Å². The monoisotopic (exact) mass is 345 g/mol. The van der Waals surface area contributed by atoms with Crippen molar-refractivity contribution in [1.29, 1.82) is 0 Å². The van der Waals surface area contributed by atoms with Crippen molar-refractivity contribution in [2.24, 2.45) is 0 Å². The van der Waals surface area contributed by atoms with Crippen molar-refractivity contribution < 1.29 is 9.72 Å². The maximum Gasteiger partial charge on any atom is 0.269 e. The van der Waals surface area contributed by atoms with Gasteiger partial charge in [0, 0.05) is 35.8 Å². The summed E-state index contributed by atoms with van der Waals surface area (Å²) in [5.41, 5.74) is 1.89. The quantitative estimate of drug-likeness (QED) is 0.668. The lowest BCUT2D eigenvalue weighted by Crippen LogP contribution is -2.21. The number of nitrogens with one attached hydrogen (secondary N) is 1. The smallest absolute Gasteiger partial charge is 0.269 e. The minimum atomic E-state index is -0.496. The molecule has 0 atom stereocenters. The zero-order chi connectivity index (χ0) is 17.1. The highest BCUT2D eigenvalue weighted by Gasteiger charge is 2.18. The number of benzene rings is 2. The summed E-state index contributed by atoms with van der Waals surface area (Å²) >= 11 is 6.06. The second-order valence-electron chi connectivity index (χ2n) is 5.61. The van der Waals surface area contributed by atoms with E-state index in [0.29, 0.717) is 16.3 Å². The molecular formula is C17H16ClN3O3. The first-order valence-electron chi connectivity index (χ1n) is 7.65. The zero-order valence-electron chi connectivity index (χ0n) is 12.9. The van der Waals surface area contributed by atoms with Crippen LogP contribution >= 0.6 is 11.6 Å². The van der Waals surface area contributed by atoms with Crippen LogP contribution in [0.15, 0.2) is 42.5 Å². The topological polar surface area (TPSA) is 75.5 Å². The lowest BCUT2D eigenvalue weighted by Gasteiger charge is -2.21. The molecule has 1 fully saturated rings. The second-order valence-corrected chi connectivity index (χ2v) is 6.05. The van der Waals surface area contributed by atoms with Crippen LogP contribution in [0, 0.1) is 10.1 Å². The van der Waals surface area contributed by atoms with Crippen molar-refractivity contribution in [2.45, 2.75) is 12.8 Å². The molecule has 7 heteroatoms. The van der Waals surface area contributed by atoms with Crippen LogP contribution in [0.25, 0.3) is 0 Å². The van der Waals surface area contributed by atoms with E-state index in [1.165, 1.54) is 24.3 Å². The van der Waals surface area contributed by atoms with Gasteiger partial charge in [0.25, 0.3) is 11.6 Å². The molecule has 24 heavy (non-hydrogen) atoms. The summed E-state index contributed by atoms with van der Waals surface area (Å²) in [5, 5.41) is 14.1. The Morgan fingerprint density at radius 2 is 1.79 bits per heavy atom. The molecule has 2 aromatic rings. The lowest BCUT2D eigenvalue weighted by molar-refractivity contribution is -0.384. The number of nitro groups is 1. The van der Waals surface area contributed by atoms with E-state index >= 15 is 0 Å². The summed E-state index contributed by atoms with van der Waals surface area (Å²) < 4.78 is 0. The highest BCUT2D eigenvalue weighted by atomic mass is 35.5. The van der Waals surface area contributed by atoms with Gasteiger partial charge in [-0.15, -0.1) is 0 Å². The summed E-state index contributed by atoms with van der Waals surface area (Å²) in [4.78, 5) is 24.8. The van der Waals surface area contributed by atoms with E-state index < -0.39 is 4.92 Å². The second kappa shape index (κ2) is 6.88. The van der Waals surface area contributed by atoms with Crippen LogP contribution in [0.2, 0.25) is 5.02 Å². The van der Waals surface area contributed by atoms with Gasteiger partial charge in [-0.25, -0.2) is 0 Å². The number of non-ortho nitro benzene ring substituents is 1. The molecule has 1 aliphatic heterocycles. The van der Waals surface area contributed by atoms with Gasteiger partial charge >= 0.3 is 0 Å². The molecule has 124 valence electrons. The van der Waals surface area contributed by atoms with Crippen molar-refractivity contribution in [3.05, 3.63) is 63.2 Å². The van der Waals surface area contributed by atoms with E-state index in [1.54, 1.807) is 12.1 Å². The fourth-order valence-corrected chi connectivity index (χ4v) is 2.94. The van der Waals surface area contributed by atoms with Gasteiger partial charge in [-0.1, -0.05) is 11.6 Å². The Balaban J connectivity index is 1.83. The van der Waals surface area contributed by atoms with Gasteiger partial charge < -0.3 is 10.2 Å². The van der Waals surface area contributed by atoms with Gasteiger partial charge in [0.1, 0.15) is 0 Å². The van der Waals surface area contributed by atoms with Crippen LogP contribution in [-0.2, 0) is 0 Å². The molecule has 0 bridgehead atoms. The number of hydrogen-bond acceptors (Lipinski definition) is 4. The molecular weight excluding hydrogens is 330 g/mol. The van der Waals surface area contributed by atoms with E-state index in [4.69, 9.17) is 11.6 Å². The van der Waals surface area contributed by atoms with Crippen molar-refractivity contribution in [3.63, 3.8) is 0 Å². The first kappa shape index (κ1) is 16.3. The van der Waals surface area contributed by atoms with E-state index in [9.17, 15) is 14.9 Å². The Morgan fingerprint density at radius 1 is 1.12 bits per heavy atom. The van der Waals surface area contributed by atoms with Crippen LogP contribution in [-0.4, -0.2) is 23.9 Å². The van der Waals surface area contributed by atoms with E-state index in [2.05, 4.69) is 10.2 Å². The zero-order valence-corrected chi connectivity index (χ0v) is 13.6. The molecule has 0 aromatic heterocycles. The summed E-state index contributed by atoms with van der Waals surface area (Å²) in [6.45, 7) is 1.89. The molecule has 2 aromatic carbocycles. The Morgan fingerprint density at radius 3 is 2.42 bits per heavy atom. The average molecular weight is 346 g/mol. The van der Waals surface area contributed by atoms with Gasteiger partial charge in [-0.3, -0.25) is 14.9 Å². The number of nitro benzene ring substituents is 1. The largest absolute Gasteiger partial charge is 0.370 e. The number of halogens is 1. The molecule has 1 amide bonds. The standard InChI is InChI=1S/C17H16ClN3O3/c18-13-5-8-16(20-9-1-2-10-20)15(11-13)19-17(22)12-3-6-14(7-4-12)21(23)24/h3-8,11H,1-2,9-10H2,(H,19,22). The van der Waals surface area contributed by atoms with Crippen molar-refractivity contribution in [2.75, 3.05) is 23.3 Å². The normalized spacial score (nSPS) is 13.8. The Bertz CT molecular complexity index is 771. The van der Waals surface area contributed by atoms with E-state index in [1.807, 2.05) is 6.07 Å². The maximum absolute atomic E-state index is 12.4. The first-order chi connectivity index (χ1) is 11.5. The van der Waals surface area contributed by atoms with Crippen LogP contribution < -0.4 is 10.2 Å². The van der Waals surface area contributed by atoms with Gasteiger partial charge in [-0.05, 0) is 43.2 Å². The number of hydrogen-bond donors (Lipinski definition) is 1. The molecule has 3 rings (SSSR count). The van der Waals surface area contributed by atoms with Gasteiger partial charge in [-0.2, -0.15) is 0 Å². The lowest BCUT2D eigenvalue weighted by atomic mass is 10.1. The third kappa shape index (κ3) is 3.49. The Hall–Kier alpha value is -2.60. The molecule has 1 saturated heterocycles. The minimum absolute atomic E-state index is 0.0490. The third-order valence-corrected chi connectivity index (χ3v) is 4.23. The van der Waals surface area contributed by atoms with E-state index in [-0.39, 0.29) is 11.6 Å². The Kier molecular flexibility index (Phi) is 4.66. The predicted molar refractivity (Wildman–Crippen MR) is 93.9 cm³/mol. The van der Waals surface area contributed by atoms with Gasteiger partial charge in [0.2, 0.25) is 0 Å². The highest BCUT2D eigenvalue weighted by Crippen LogP contribution is 2.32. The minimum Gasteiger partial charge on any atom is -0.370 e. The Labute approximate surface area is 144 Å². The van der Waals surface area contributed by atoms with Crippen LogP contribution in [0.1, 0.15) is 23.2 Å². The molecule has 0 unspecified atom stereocenters. The highest BCUT2D eigenvalue weighted by molar-refractivity contribution is 6.31. The maximum atomic E-state index is 12.4. The molecule has 1 heterocycles. The molecule has 0 saturated carbocycles. The van der Waals surface area contributed by atoms with Crippen LogP contribution in [0.4, 0.5) is 17.1 Å². The average Bonchev–Trinajstić information content (AvgIpc) is 3.09. The number of anilines is 2. The molecule has 0 spiro atoms. The summed E-state index contributed by atoms with van der Waals surface area (Å²) in [6, 6.07) is 10.9. The number of carbonyl (C=O) groups excluding carboxylic acids is 1. The molecule has 1 aliphatic rings. The van der Waals surface area contributed by atoms with Crippen molar-refractivity contribution in [1.82, 2.24) is 0 Å². The number of nitrogens with zero attached hydrogens (tertiary/aromatic N) is 2. The van der Waals surface area contributed by atoms with Crippen molar-refractivity contribution >= 4 is 34.6 Å². The summed E-state index contributed by atoms with van der Waals surface area (Å²) in [6.07, 6.45) is 2.25. The molecule has 6 nitrogen and oxygen atoms in total. The fourth-order valence-electron chi connectivity index (χ4n) is 2.77. The fraction of sp³-hybridized carbons (Fsp3) is 0.235. The molecule has 0 radical (unpaired) electrons. The van der Waals surface area contributed by atoms with Crippen LogP contribution in [0.3, 0.4) is 0 Å². The summed E-state index contributed by atoms with van der Waals surface area (Å²) in [5.74, 6) is -0.326. The summed E-state index contributed by atoms with van der Waals surface area (Å²) in [7, 11) is 0. The number of rotatable bonds is 4. The van der Waals surface area contributed by atoms with Gasteiger partial charge in [0.15, 0.2) is 0 Å². The predicted octanol–water partition coefficient (Wildman–Crippen LogP) is 4.10. The van der Waals surface area contributed by atoms with Gasteiger partial charge in [0.05, 0.1) is 16.3 Å². The SMILES string of the molecule is O=C(Nc1cc(Cl)ccc1N1CCCC1)c1ccc([N+](=O)[O-])cc1. The molecule has 1 N–H and O–H groups in total. The van der Waals surface area contributed by atoms with E-state index in [0.717, 1.165) is 31.6 Å². The number of carbonyl (C=O) groups is 1. The molecule has 0 aliphatic carbocycles. The third-order valence-electron chi connectivity index (χ3n) is 3.99.